The average Bonchev–Trinajstić information content (AvgIpc) is 3.06. The first-order chi connectivity index (χ1) is 13.5. The van der Waals surface area contributed by atoms with Crippen molar-refractivity contribution < 1.29 is 17.0 Å². The molecule has 0 amide bonds. The Bertz CT molecular complexity index is 560. The molecule has 162 valence electrons. The van der Waals surface area contributed by atoms with Crippen molar-refractivity contribution in [2.45, 2.75) is 64.1 Å². The second-order valence-electron chi connectivity index (χ2n) is 9.45. The van der Waals surface area contributed by atoms with Crippen molar-refractivity contribution >= 4 is 26.8 Å². The zero-order valence-electron chi connectivity index (χ0n) is 18.6. The van der Waals surface area contributed by atoms with Crippen LogP contribution in [0, 0.1) is 31.1 Å². The fourth-order valence-corrected chi connectivity index (χ4v) is 10.6. The fourth-order valence-electron chi connectivity index (χ4n) is 6.43. The van der Waals surface area contributed by atoms with E-state index in [-0.39, 0.29) is 7.43 Å². The first-order valence-corrected chi connectivity index (χ1v) is 18.2. The van der Waals surface area contributed by atoms with Crippen molar-refractivity contribution in [3.05, 3.63) is 41.9 Å². The van der Waals surface area contributed by atoms with E-state index in [0.717, 1.165) is 42.6 Å². The molecule has 29 heavy (non-hydrogen) atoms. The van der Waals surface area contributed by atoms with E-state index in [1.165, 1.54) is 38.5 Å². The van der Waals surface area contributed by atoms with Crippen LogP contribution in [0.1, 0.15) is 45.4 Å². The molecule has 7 heteroatoms. The van der Waals surface area contributed by atoms with Gasteiger partial charge in [-0.05, 0) is 48.5 Å². The number of nitrogens with zero attached hydrogens (tertiary/aromatic N) is 3. The second-order valence-corrected chi connectivity index (χ2v) is 16.6. The van der Waals surface area contributed by atoms with Crippen molar-refractivity contribution in [1.29, 1.82) is 0 Å². The molecule has 3 nitrogen and oxygen atoms in total. The van der Waals surface area contributed by atoms with Gasteiger partial charge in [-0.3, -0.25) is 6.67 Å². The monoisotopic (exact) mass is 490 g/mol. The first-order valence-electron chi connectivity index (χ1n) is 10.9. The first kappa shape index (κ1) is 26.1. The van der Waals surface area contributed by atoms with E-state index in [0.29, 0.717) is 6.67 Å². The summed E-state index contributed by atoms with van der Waals surface area (Å²) in [5.41, 5.74) is 2.66. The Balaban J connectivity index is 0.000000708. The van der Waals surface area contributed by atoms with Crippen LogP contribution < -0.4 is 0 Å². The molecule has 1 aliphatic heterocycles. The van der Waals surface area contributed by atoms with Crippen molar-refractivity contribution in [3.8, 4) is 0 Å². The summed E-state index contributed by atoms with van der Waals surface area (Å²) in [6.07, 6.45) is 16.1. The Hall–Kier alpha value is 0.871. The van der Waals surface area contributed by atoms with Gasteiger partial charge in [-0.15, -0.1) is 13.3 Å². The number of fused-ring (bicyclic) bond motifs is 1. The van der Waals surface area contributed by atoms with E-state index in [1.807, 2.05) is 5.57 Å². The molecule has 1 saturated heterocycles. The number of hydrogen-bond acceptors (Lipinski definition) is 1. The van der Waals surface area contributed by atoms with Crippen LogP contribution in [-0.4, -0.2) is 32.8 Å². The summed E-state index contributed by atoms with van der Waals surface area (Å²) in [5.74, 6) is 3.29. The van der Waals surface area contributed by atoms with Gasteiger partial charge < -0.3 is 22.6 Å². The third-order valence-corrected chi connectivity index (χ3v) is 12.1. The van der Waals surface area contributed by atoms with E-state index in [9.17, 15) is 0 Å². The Kier molecular flexibility index (Phi) is 11.0. The van der Waals surface area contributed by atoms with Crippen LogP contribution >= 0.6 is 18.6 Å². The van der Waals surface area contributed by atoms with Crippen LogP contribution in [0.3, 0.4) is 0 Å². The summed E-state index contributed by atoms with van der Waals surface area (Å²) in [6, 6.07) is 0. The normalized spacial score (nSPS) is 33.3. The summed E-state index contributed by atoms with van der Waals surface area (Å²) in [7, 11) is 8.23. The van der Waals surface area contributed by atoms with E-state index in [4.69, 9.17) is 18.6 Å². The van der Waals surface area contributed by atoms with Crippen molar-refractivity contribution in [3.63, 3.8) is 0 Å². The predicted molar refractivity (Wildman–Crippen MR) is 127 cm³/mol. The Morgan fingerprint density at radius 2 is 1.72 bits per heavy atom. The van der Waals surface area contributed by atoms with Gasteiger partial charge in [-0.1, -0.05) is 63.1 Å². The molecule has 0 N–H and O–H groups in total. The molecule has 4 rings (SSSR count). The van der Waals surface area contributed by atoms with Gasteiger partial charge in [0.05, 0.1) is 0 Å². The average molecular weight is 491 g/mol. The van der Waals surface area contributed by atoms with Gasteiger partial charge in [0.1, 0.15) is 8.24 Å². The SMILES string of the molecule is CC1CC2C(C3CCCCC3)=CC=CC2C1[Si](C)(C)N1C[N-]C[N-]C1.[CH3-].[Cl][Ti+4][Cl]. The van der Waals surface area contributed by atoms with Gasteiger partial charge in [0.25, 0.3) is 0 Å². The minimum atomic E-state index is -1.55. The van der Waals surface area contributed by atoms with Crippen LogP contribution in [0.2, 0.25) is 18.6 Å². The standard InChI is InChI=1S/C21H35N3Si.CH3.2ClH.Ti/c1-16-12-20-18(17-8-5-4-6-9-17)10-7-11-19(20)21(16)25(2,3)24-14-22-13-23-15-24;;;;/h7,10-11,16-17,19-21H,4-6,8-9,12-15H2,1-3H3;1H3;2*1H;/q-2;-1;;;+6/p-2. The van der Waals surface area contributed by atoms with Crippen LogP contribution in [-0.2, 0) is 17.0 Å². The van der Waals surface area contributed by atoms with Gasteiger partial charge in [-0.2, -0.15) is 0 Å². The second kappa shape index (κ2) is 12.2. The molecule has 3 aliphatic carbocycles. The molecule has 2 saturated carbocycles. The fraction of sp³-hybridized carbons (Fsp3) is 0.773. The molecular formula is C22H38Cl2N3SiTi+. The maximum absolute atomic E-state index is 4.89. The Labute approximate surface area is 197 Å². The van der Waals surface area contributed by atoms with E-state index >= 15 is 0 Å². The van der Waals surface area contributed by atoms with Crippen molar-refractivity contribution in [1.82, 2.24) is 4.57 Å². The van der Waals surface area contributed by atoms with Gasteiger partial charge in [0, 0.05) is 0 Å². The summed E-state index contributed by atoms with van der Waals surface area (Å²) in [6.45, 7) is 10.2. The number of rotatable bonds is 3. The van der Waals surface area contributed by atoms with Gasteiger partial charge in [0.15, 0.2) is 0 Å². The zero-order valence-corrected chi connectivity index (χ0v) is 22.7. The van der Waals surface area contributed by atoms with Crippen molar-refractivity contribution in [2.24, 2.45) is 23.7 Å². The third kappa shape index (κ3) is 6.01. The Morgan fingerprint density at radius 3 is 2.34 bits per heavy atom. The van der Waals surface area contributed by atoms with E-state index in [1.54, 1.807) is 0 Å². The molecule has 4 atom stereocenters. The summed E-state index contributed by atoms with van der Waals surface area (Å²) in [4.78, 5) is 0. The molecule has 1 heterocycles. The van der Waals surface area contributed by atoms with Gasteiger partial charge in [-0.25, -0.2) is 0 Å². The van der Waals surface area contributed by atoms with Crippen LogP contribution in [0.15, 0.2) is 23.8 Å². The number of halogens is 2. The Morgan fingerprint density at radius 1 is 1.10 bits per heavy atom. The molecule has 0 aromatic heterocycles. The van der Waals surface area contributed by atoms with Crippen LogP contribution in [0.4, 0.5) is 0 Å². The number of hydrogen-bond donors (Lipinski definition) is 0. The van der Waals surface area contributed by atoms with Gasteiger partial charge >= 0.3 is 35.6 Å². The quantitative estimate of drug-likeness (QED) is 0.294. The summed E-state index contributed by atoms with van der Waals surface area (Å²) >= 11 is -0.556. The molecule has 0 radical (unpaired) electrons. The topological polar surface area (TPSA) is 31.4 Å². The van der Waals surface area contributed by atoms with Crippen LogP contribution in [0.5, 0.6) is 0 Å². The molecule has 4 unspecified atom stereocenters. The molecule has 0 bridgehead atoms. The maximum atomic E-state index is 4.89. The molecule has 0 aromatic rings. The predicted octanol–water partition coefficient (Wildman–Crippen LogP) is 7.67. The third-order valence-electron chi connectivity index (χ3n) is 7.62. The van der Waals surface area contributed by atoms with Crippen LogP contribution in [0.25, 0.3) is 10.6 Å². The summed E-state index contributed by atoms with van der Waals surface area (Å²) in [5, 5.41) is 9.16. The van der Waals surface area contributed by atoms with E-state index in [2.05, 4.69) is 53.4 Å². The van der Waals surface area contributed by atoms with Gasteiger partial charge in [0.2, 0.25) is 0 Å². The summed E-state index contributed by atoms with van der Waals surface area (Å²) < 4.78 is 2.65. The zero-order chi connectivity index (χ0) is 20.1. The molecule has 4 aliphatic rings. The van der Waals surface area contributed by atoms with Crippen molar-refractivity contribution in [2.75, 3.05) is 20.0 Å². The minimum absolute atomic E-state index is 0. The van der Waals surface area contributed by atoms with E-state index < -0.39 is 25.3 Å². The molecule has 3 fully saturated rings. The number of allylic oxidation sites excluding steroid dienone is 4. The molecule has 0 spiro atoms. The molecule has 0 aromatic carbocycles. The molecular weight excluding hydrogens is 453 g/mol.